The van der Waals surface area contributed by atoms with Crippen LogP contribution in [0.1, 0.15) is 0 Å². The lowest BCUT2D eigenvalue weighted by atomic mass is 12.8. The molecule has 0 unspecified atom stereocenters. The van der Waals surface area contributed by atoms with E-state index in [9.17, 15) is 5.21 Å². The van der Waals surface area contributed by atoms with Gasteiger partial charge in [-0.25, -0.2) is 4.94 Å². The van der Waals surface area contributed by atoms with Crippen molar-refractivity contribution in [2.24, 2.45) is 11.2 Å². The van der Waals surface area contributed by atoms with Gasteiger partial charge in [-0.1, -0.05) is 0 Å². The zero-order chi connectivity index (χ0) is 5.70. The average molecular weight is 108 g/mol. The van der Waals surface area contributed by atoms with E-state index < -0.39 is 5.39 Å². The van der Waals surface area contributed by atoms with Crippen LogP contribution >= 0.6 is 0 Å². The van der Waals surface area contributed by atoms with Gasteiger partial charge in [0, 0.05) is 0 Å². The van der Waals surface area contributed by atoms with Crippen LogP contribution in [0.25, 0.3) is 0 Å². The van der Waals surface area contributed by atoms with Gasteiger partial charge >= 0.3 is 0 Å². The minimum absolute atomic E-state index is 0.646. The predicted molar refractivity (Wildman–Crippen MR) is 17.4 cm³/mol. The summed E-state index contributed by atoms with van der Waals surface area (Å²) >= 11 is 0. The van der Waals surface area contributed by atoms with Gasteiger partial charge in [-0.2, -0.15) is 10.8 Å². The fraction of sp³-hybridized carbons (Fsp3) is 0. The first-order valence-electron chi connectivity index (χ1n) is 1.15. The normalized spacial score (nSPS) is 9.00. The lowest BCUT2D eigenvalue weighted by Crippen LogP contribution is -2.18. The van der Waals surface area contributed by atoms with Gasteiger partial charge in [0.2, 0.25) is 0 Å². The Morgan fingerprint density at radius 3 is 2.57 bits per heavy atom. The minimum Gasteiger partial charge on any atom is -0.724 e. The summed E-state index contributed by atoms with van der Waals surface area (Å²) < 4.78 is 0. The number of nitrogens with two attached hydrogens (primary N) is 1. The molecule has 0 aromatic heterocycles. The number of nitrogens with zero attached hydrogens (tertiary/aromatic N) is 2. The van der Waals surface area contributed by atoms with E-state index in [2.05, 4.69) is 15.8 Å². The van der Waals surface area contributed by atoms with Gasteiger partial charge in [0.1, 0.15) is 0 Å². The quantitative estimate of drug-likeness (QED) is 0.375. The van der Waals surface area contributed by atoms with Gasteiger partial charge in [-0.05, 0) is 5.39 Å². The minimum atomic E-state index is -0.646. The van der Waals surface area contributed by atoms with Gasteiger partial charge in [0.15, 0.2) is 5.34 Å². The SMILES string of the molecule is NON([O-])ON=O. The number of hydrogen-bond donors (Lipinski definition) is 1. The standard InChI is InChI=1S/H2N3O4/c1-6-3(5)7-2-4/h1H2/q-1. The summed E-state index contributed by atoms with van der Waals surface area (Å²) in [6, 6.07) is 0. The summed E-state index contributed by atoms with van der Waals surface area (Å²) in [6.45, 7) is 0. The lowest BCUT2D eigenvalue weighted by Gasteiger charge is -2.14. The molecule has 0 radical (unpaired) electrons. The highest BCUT2D eigenvalue weighted by molar-refractivity contribution is 4.10. The van der Waals surface area contributed by atoms with Crippen LogP contribution in [0.2, 0.25) is 0 Å². The molecule has 7 heteroatoms. The molecule has 0 rings (SSSR count). The predicted octanol–water partition coefficient (Wildman–Crippen LogP) is -0.795. The molecule has 2 N–H and O–H groups in total. The molecule has 0 saturated carbocycles. The van der Waals surface area contributed by atoms with Gasteiger partial charge in [0.05, 0.1) is 0 Å². The second-order valence-electron chi connectivity index (χ2n) is 0.485. The molecule has 7 nitrogen and oxygen atoms in total. The molecule has 0 aliphatic rings. The van der Waals surface area contributed by atoms with Crippen molar-refractivity contribution in [3.63, 3.8) is 0 Å². The number of hydrogen-bond acceptors (Lipinski definition) is 7. The maximum atomic E-state index is 9.47. The van der Waals surface area contributed by atoms with Crippen LogP contribution in [0.3, 0.4) is 0 Å². The monoisotopic (exact) mass is 108 g/mol. The summed E-state index contributed by atoms with van der Waals surface area (Å²) in [5.74, 6) is 4.15. The van der Waals surface area contributed by atoms with Crippen molar-refractivity contribution in [3.05, 3.63) is 10.1 Å². The summed E-state index contributed by atoms with van der Waals surface area (Å²) in [6.07, 6.45) is 0. The third-order valence-electron chi connectivity index (χ3n) is 0.186. The second-order valence-corrected chi connectivity index (χ2v) is 0.485. The molecule has 0 aromatic rings. The van der Waals surface area contributed by atoms with E-state index in [1.165, 1.54) is 0 Å². The summed E-state index contributed by atoms with van der Waals surface area (Å²) in [7, 11) is 0. The molecule has 0 atom stereocenters. The van der Waals surface area contributed by atoms with Crippen molar-refractivity contribution in [3.8, 4) is 0 Å². The summed E-state index contributed by atoms with van der Waals surface area (Å²) in [5, 5.41) is 10.5. The molecule has 0 saturated heterocycles. The van der Waals surface area contributed by atoms with E-state index in [4.69, 9.17) is 4.91 Å². The Morgan fingerprint density at radius 2 is 2.43 bits per heavy atom. The molecule has 0 fully saturated rings. The molecule has 0 bridgehead atoms. The topological polar surface area (TPSA) is 100 Å². The van der Waals surface area contributed by atoms with Crippen molar-refractivity contribution in [1.82, 2.24) is 5.39 Å². The van der Waals surface area contributed by atoms with Crippen molar-refractivity contribution in [2.45, 2.75) is 0 Å². The van der Waals surface area contributed by atoms with Crippen LogP contribution in [0.15, 0.2) is 5.34 Å². The van der Waals surface area contributed by atoms with E-state index in [1.807, 2.05) is 0 Å². The second kappa shape index (κ2) is 3.43. The van der Waals surface area contributed by atoms with Gasteiger partial charge in [-0.15, -0.1) is 4.91 Å². The van der Waals surface area contributed by atoms with Crippen LogP contribution in [0.4, 0.5) is 0 Å². The van der Waals surface area contributed by atoms with Crippen molar-refractivity contribution < 1.29 is 9.88 Å². The highest BCUT2D eigenvalue weighted by Crippen LogP contribution is 1.80. The highest BCUT2D eigenvalue weighted by Gasteiger charge is 1.80. The largest absolute Gasteiger partial charge is 0.724 e. The summed E-state index contributed by atoms with van der Waals surface area (Å²) in [5.41, 5.74) is 0. The lowest BCUT2D eigenvalue weighted by molar-refractivity contribution is -0.342. The zero-order valence-electron chi connectivity index (χ0n) is 3.10. The average Bonchev–Trinajstić information content (AvgIpc) is 1.68. The van der Waals surface area contributed by atoms with E-state index in [-0.39, 0.29) is 0 Å². The first-order valence-corrected chi connectivity index (χ1v) is 1.15. The zero-order valence-corrected chi connectivity index (χ0v) is 3.10. The molecule has 0 aliphatic carbocycles. The summed E-state index contributed by atoms with van der Waals surface area (Å²) in [4.78, 5) is 15.4. The fourth-order valence-electron chi connectivity index (χ4n) is 0.0465. The Bertz CT molecular complexity index is 52.9. The third kappa shape index (κ3) is 3.06. The molecule has 0 aromatic carbocycles. The van der Waals surface area contributed by atoms with Gasteiger partial charge < -0.3 is 5.21 Å². The Balaban J connectivity index is 2.98. The molecule has 0 heterocycles. The van der Waals surface area contributed by atoms with Crippen molar-refractivity contribution >= 4 is 0 Å². The number of rotatable bonds is 3. The Hall–Kier alpha value is -0.760. The maximum Gasteiger partial charge on any atom is 0.177 e. The van der Waals surface area contributed by atoms with Crippen LogP contribution in [0, 0.1) is 10.1 Å². The smallest absolute Gasteiger partial charge is 0.177 e. The third-order valence-corrected chi connectivity index (χ3v) is 0.186. The van der Waals surface area contributed by atoms with Gasteiger partial charge in [0.25, 0.3) is 0 Å². The first kappa shape index (κ1) is 6.24. The van der Waals surface area contributed by atoms with Crippen molar-refractivity contribution in [1.29, 1.82) is 0 Å². The molecule has 0 spiro atoms. The highest BCUT2D eigenvalue weighted by atomic mass is 17.2. The molecular weight excluding hydrogens is 106 g/mol. The Morgan fingerprint density at radius 1 is 1.86 bits per heavy atom. The Labute approximate surface area is 38.0 Å². The first-order chi connectivity index (χ1) is 3.31. The van der Waals surface area contributed by atoms with E-state index in [0.29, 0.717) is 0 Å². The van der Waals surface area contributed by atoms with E-state index in [1.54, 1.807) is 5.34 Å². The Kier molecular flexibility index (Phi) is 3.06. The molecule has 0 aliphatic heterocycles. The van der Waals surface area contributed by atoms with Crippen LogP contribution in [-0.4, -0.2) is 5.39 Å². The molecular formula is H2N3O4-. The van der Waals surface area contributed by atoms with Gasteiger partial charge in [-0.3, -0.25) is 0 Å². The molecule has 42 valence electrons. The van der Waals surface area contributed by atoms with E-state index in [0.717, 1.165) is 0 Å². The van der Waals surface area contributed by atoms with Crippen LogP contribution in [0.5, 0.6) is 0 Å². The molecule has 7 heavy (non-hydrogen) atoms. The molecule has 0 amide bonds. The van der Waals surface area contributed by atoms with E-state index >= 15 is 0 Å². The van der Waals surface area contributed by atoms with Crippen molar-refractivity contribution in [2.75, 3.05) is 0 Å². The van der Waals surface area contributed by atoms with Crippen LogP contribution < -0.4 is 5.90 Å². The fourth-order valence-corrected chi connectivity index (χ4v) is 0.0465. The van der Waals surface area contributed by atoms with Crippen LogP contribution in [-0.2, 0) is 9.88 Å². The maximum absolute atomic E-state index is 9.47.